The summed E-state index contributed by atoms with van der Waals surface area (Å²) >= 11 is 0. The number of halogens is 1. The Morgan fingerprint density at radius 1 is 1.14 bits per heavy atom. The van der Waals surface area contributed by atoms with Crippen molar-refractivity contribution in [3.05, 3.63) is 60.0 Å². The lowest BCUT2D eigenvalue weighted by molar-refractivity contribution is 0.476. The molecule has 0 aliphatic carbocycles. The molecule has 0 bridgehead atoms. The number of nitrogens with one attached hydrogen (secondary N) is 1. The van der Waals surface area contributed by atoms with Crippen molar-refractivity contribution in [2.45, 2.75) is 6.92 Å². The van der Waals surface area contributed by atoms with Gasteiger partial charge in [0, 0.05) is 28.1 Å². The Hall–Kier alpha value is -2.88. The average Bonchev–Trinajstić information content (AvgIpc) is 2.95. The van der Waals surface area contributed by atoms with Gasteiger partial charge in [0.15, 0.2) is 0 Å². The molecule has 0 amide bonds. The van der Waals surface area contributed by atoms with E-state index >= 15 is 0 Å². The predicted molar refractivity (Wildman–Crippen MR) is 85.4 cm³/mol. The fourth-order valence-corrected chi connectivity index (χ4v) is 2.82. The summed E-state index contributed by atoms with van der Waals surface area (Å²) in [5.41, 5.74) is 3.36. The molecule has 2 heterocycles. The van der Waals surface area contributed by atoms with Gasteiger partial charge in [-0.3, -0.25) is 0 Å². The Bertz CT molecular complexity index is 1020. The minimum absolute atomic E-state index is 0.113. The van der Waals surface area contributed by atoms with E-state index in [1.807, 2.05) is 24.3 Å². The molecule has 2 aromatic carbocycles. The van der Waals surface area contributed by atoms with Gasteiger partial charge in [-0.15, -0.1) is 0 Å². The SMILES string of the molecule is Cc1c(F)ccc2c(-c3nc4ccccc4cc3O)c[nH]c12. The third kappa shape index (κ3) is 1.77. The van der Waals surface area contributed by atoms with Crippen LogP contribution in [0.4, 0.5) is 4.39 Å². The van der Waals surface area contributed by atoms with E-state index in [1.54, 1.807) is 25.3 Å². The minimum atomic E-state index is -0.253. The van der Waals surface area contributed by atoms with Crippen LogP contribution in [0.15, 0.2) is 48.7 Å². The van der Waals surface area contributed by atoms with Gasteiger partial charge in [0.2, 0.25) is 0 Å². The molecule has 108 valence electrons. The number of benzene rings is 2. The smallest absolute Gasteiger partial charge is 0.142 e. The van der Waals surface area contributed by atoms with Gasteiger partial charge >= 0.3 is 0 Å². The van der Waals surface area contributed by atoms with Crippen LogP contribution < -0.4 is 0 Å². The second-order valence-electron chi connectivity index (χ2n) is 5.35. The number of hydrogen-bond donors (Lipinski definition) is 2. The van der Waals surface area contributed by atoms with Crippen LogP contribution in [0.5, 0.6) is 5.75 Å². The summed E-state index contributed by atoms with van der Waals surface area (Å²) in [5.74, 6) is -0.141. The largest absolute Gasteiger partial charge is 0.506 e. The highest BCUT2D eigenvalue weighted by Gasteiger charge is 2.15. The lowest BCUT2D eigenvalue weighted by Gasteiger charge is -2.06. The summed E-state index contributed by atoms with van der Waals surface area (Å²) in [5, 5.41) is 12.0. The number of aromatic amines is 1. The van der Waals surface area contributed by atoms with E-state index in [-0.39, 0.29) is 11.6 Å². The van der Waals surface area contributed by atoms with Gasteiger partial charge in [-0.05, 0) is 31.2 Å². The van der Waals surface area contributed by atoms with Crippen LogP contribution in [0.2, 0.25) is 0 Å². The number of nitrogens with zero attached hydrogens (tertiary/aromatic N) is 1. The molecule has 4 aromatic rings. The van der Waals surface area contributed by atoms with Crippen molar-refractivity contribution < 1.29 is 9.50 Å². The van der Waals surface area contributed by atoms with Gasteiger partial charge in [0.1, 0.15) is 17.3 Å². The van der Waals surface area contributed by atoms with Crippen molar-refractivity contribution >= 4 is 21.8 Å². The van der Waals surface area contributed by atoms with E-state index in [9.17, 15) is 9.50 Å². The minimum Gasteiger partial charge on any atom is -0.506 e. The first-order valence-corrected chi connectivity index (χ1v) is 7.00. The number of pyridine rings is 1. The van der Waals surface area contributed by atoms with Gasteiger partial charge in [0.05, 0.1) is 11.0 Å². The molecule has 4 heteroatoms. The third-order valence-corrected chi connectivity index (χ3v) is 4.01. The number of H-pyrrole nitrogens is 1. The molecular weight excluding hydrogens is 279 g/mol. The predicted octanol–water partition coefficient (Wildman–Crippen LogP) is 4.54. The van der Waals surface area contributed by atoms with Crippen LogP contribution in [-0.4, -0.2) is 15.1 Å². The summed E-state index contributed by atoms with van der Waals surface area (Å²) < 4.78 is 13.7. The summed E-state index contributed by atoms with van der Waals surface area (Å²) in [7, 11) is 0. The highest BCUT2D eigenvalue weighted by Crippen LogP contribution is 2.36. The Morgan fingerprint density at radius 2 is 1.95 bits per heavy atom. The molecule has 0 saturated carbocycles. The van der Waals surface area contributed by atoms with Crippen LogP contribution >= 0.6 is 0 Å². The van der Waals surface area contributed by atoms with Crippen molar-refractivity contribution in [1.82, 2.24) is 9.97 Å². The van der Waals surface area contributed by atoms with E-state index in [1.165, 1.54) is 6.07 Å². The zero-order valence-corrected chi connectivity index (χ0v) is 11.9. The zero-order chi connectivity index (χ0) is 15.3. The lowest BCUT2D eigenvalue weighted by atomic mass is 10.1. The van der Waals surface area contributed by atoms with Crippen LogP contribution in [-0.2, 0) is 0 Å². The Morgan fingerprint density at radius 3 is 2.82 bits per heavy atom. The Labute approximate surface area is 126 Å². The van der Waals surface area contributed by atoms with Crippen molar-refractivity contribution in [3.63, 3.8) is 0 Å². The number of fused-ring (bicyclic) bond motifs is 2. The highest BCUT2D eigenvalue weighted by atomic mass is 19.1. The van der Waals surface area contributed by atoms with Crippen molar-refractivity contribution in [3.8, 4) is 17.0 Å². The molecule has 0 aliphatic rings. The molecule has 0 fully saturated rings. The zero-order valence-electron chi connectivity index (χ0n) is 11.9. The molecule has 2 N–H and O–H groups in total. The molecule has 0 atom stereocenters. The van der Waals surface area contributed by atoms with Crippen LogP contribution in [0, 0.1) is 12.7 Å². The highest BCUT2D eigenvalue weighted by molar-refractivity contribution is 5.98. The molecule has 0 aliphatic heterocycles. The standard InChI is InChI=1S/C18H13FN2O/c1-10-14(19)7-6-12-13(9-20-17(10)12)18-16(22)8-11-4-2-3-5-15(11)21-18/h2-9,20,22H,1H3. The number of hydrogen-bond acceptors (Lipinski definition) is 2. The number of aromatic nitrogens is 2. The normalized spacial score (nSPS) is 11.4. The second kappa shape index (κ2) is 4.56. The van der Waals surface area contributed by atoms with Crippen LogP contribution in [0.3, 0.4) is 0 Å². The summed E-state index contributed by atoms with van der Waals surface area (Å²) in [6, 6.07) is 12.5. The van der Waals surface area contributed by atoms with Gasteiger partial charge in [-0.2, -0.15) is 0 Å². The molecule has 22 heavy (non-hydrogen) atoms. The molecule has 0 spiro atoms. The molecule has 2 aromatic heterocycles. The van der Waals surface area contributed by atoms with E-state index in [0.29, 0.717) is 11.3 Å². The molecule has 3 nitrogen and oxygen atoms in total. The lowest BCUT2D eigenvalue weighted by Crippen LogP contribution is -1.87. The fraction of sp³-hybridized carbons (Fsp3) is 0.0556. The second-order valence-corrected chi connectivity index (χ2v) is 5.35. The molecule has 0 radical (unpaired) electrons. The molecular formula is C18H13FN2O. The van der Waals surface area contributed by atoms with Crippen molar-refractivity contribution in [2.24, 2.45) is 0 Å². The molecule has 0 unspecified atom stereocenters. The first-order valence-electron chi connectivity index (χ1n) is 7.00. The first-order chi connectivity index (χ1) is 10.6. The monoisotopic (exact) mass is 292 g/mol. The summed E-state index contributed by atoms with van der Waals surface area (Å²) in [6.07, 6.45) is 1.76. The maximum absolute atomic E-state index is 13.7. The Balaban J connectivity index is 2.03. The third-order valence-electron chi connectivity index (χ3n) is 4.01. The summed E-state index contributed by atoms with van der Waals surface area (Å²) in [4.78, 5) is 7.64. The topological polar surface area (TPSA) is 48.9 Å². The first kappa shape index (κ1) is 12.8. The Kier molecular flexibility index (Phi) is 2.66. The van der Waals surface area contributed by atoms with E-state index in [4.69, 9.17) is 0 Å². The molecule has 4 rings (SSSR count). The number of para-hydroxylation sites is 1. The van der Waals surface area contributed by atoms with Gasteiger partial charge in [-0.1, -0.05) is 18.2 Å². The number of aromatic hydroxyl groups is 1. The van der Waals surface area contributed by atoms with E-state index < -0.39 is 0 Å². The fourth-order valence-electron chi connectivity index (χ4n) is 2.82. The van der Waals surface area contributed by atoms with E-state index in [2.05, 4.69) is 9.97 Å². The van der Waals surface area contributed by atoms with Gasteiger partial charge < -0.3 is 10.1 Å². The van der Waals surface area contributed by atoms with Gasteiger partial charge in [-0.25, -0.2) is 9.37 Å². The maximum atomic E-state index is 13.7. The van der Waals surface area contributed by atoms with E-state index in [0.717, 1.165) is 27.4 Å². The quantitative estimate of drug-likeness (QED) is 0.541. The maximum Gasteiger partial charge on any atom is 0.142 e. The average molecular weight is 292 g/mol. The van der Waals surface area contributed by atoms with Crippen LogP contribution in [0.1, 0.15) is 5.56 Å². The summed E-state index contributed by atoms with van der Waals surface area (Å²) in [6.45, 7) is 1.73. The van der Waals surface area contributed by atoms with Crippen molar-refractivity contribution in [1.29, 1.82) is 0 Å². The number of aryl methyl sites for hydroxylation is 1. The molecule has 0 saturated heterocycles. The van der Waals surface area contributed by atoms with Crippen molar-refractivity contribution in [2.75, 3.05) is 0 Å². The number of rotatable bonds is 1. The van der Waals surface area contributed by atoms with Gasteiger partial charge in [0.25, 0.3) is 0 Å². The van der Waals surface area contributed by atoms with Crippen LogP contribution in [0.25, 0.3) is 33.1 Å².